The van der Waals surface area contributed by atoms with Gasteiger partial charge in [-0.1, -0.05) is 25.1 Å². The molecule has 2 unspecified atom stereocenters. The molecular weight excluding hydrogens is 322 g/mol. The lowest BCUT2D eigenvalue weighted by Gasteiger charge is -2.35. The summed E-state index contributed by atoms with van der Waals surface area (Å²) < 4.78 is 0. The summed E-state index contributed by atoms with van der Waals surface area (Å²) in [4.78, 5) is 21.8. The van der Waals surface area contributed by atoms with Gasteiger partial charge in [0.05, 0.1) is 11.9 Å². The number of para-hydroxylation sites is 1. The number of anilines is 2. The van der Waals surface area contributed by atoms with Crippen molar-refractivity contribution >= 4 is 17.3 Å². The van der Waals surface area contributed by atoms with Crippen molar-refractivity contribution in [2.75, 3.05) is 11.4 Å². The molecule has 4 rings (SSSR count). The lowest BCUT2D eigenvalue weighted by Crippen LogP contribution is -2.43. The van der Waals surface area contributed by atoms with E-state index in [2.05, 4.69) is 48.0 Å². The maximum absolute atomic E-state index is 12.9. The first-order chi connectivity index (χ1) is 12.7. The van der Waals surface area contributed by atoms with Gasteiger partial charge in [0, 0.05) is 24.3 Å². The van der Waals surface area contributed by atoms with Crippen LogP contribution in [0.15, 0.2) is 42.6 Å². The molecule has 2 aliphatic rings. The van der Waals surface area contributed by atoms with Crippen LogP contribution in [0.25, 0.3) is 0 Å². The van der Waals surface area contributed by atoms with Gasteiger partial charge in [0.25, 0.3) is 5.91 Å². The molecule has 0 N–H and O–H groups in total. The molecule has 0 spiro atoms. The van der Waals surface area contributed by atoms with Gasteiger partial charge < -0.3 is 9.80 Å². The Labute approximate surface area is 155 Å². The number of hydrogen-bond donors (Lipinski definition) is 0. The monoisotopic (exact) mass is 349 g/mol. The molecule has 26 heavy (non-hydrogen) atoms. The largest absolute Gasteiger partial charge is 0.337 e. The van der Waals surface area contributed by atoms with Crippen LogP contribution in [0.2, 0.25) is 0 Å². The molecule has 4 heteroatoms. The summed E-state index contributed by atoms with van der Waals surface area (Å²) in [5, 5.41) is 0. The Hall–Kier alpha value is -2.36. The van der Waals surface area contributed by atoms with E-state index in [0.717, 1.165) is 37.9 Å². The molecule has 1 amide bonds. The van der Waals surface area contributed by atoms with Crippen LogP contribution in [0.4, 0.5) is 11.4 Å². The zero-order valence-corrected chi connectivity index (χ0v) is 15.7. The van der Waals surface area contributed by atoms with Gasteiger partial charge in [-0.25, -0.2) is 4.98 Å². The highest BCUT2D eigenvalue weighted by Gasteiger charge is 2.29. The first kappa shape index (κ1) is 17.1. The smallest absolute Gasteiger partial charge is 0.272 e. The Morgan fingerprint density at radius 2 is 2.04 bits per heavy atom. The summed E-state index contributed by atoms with van der Waals surface area (Å²) in [6, 6.07) is 13.2. The fourth-order valence-corrected chi connectivity index (χ4v) is 4.45. The van der Waals surface area contributed by atoms with Crippen molar-refractivity contribution in [2.45, 2.75) is 58.0 Å². The van der Waals surface area contributed by atoms with Crippen molar-refractivity contribution in [1.82, 2.24) is 9.88 Å². The van der Waals surface area contributed by atoms with Crippen LogP contribution in [-0.2, 0) is 6.42 Å². The van der Waals surface area contributed by atoms with Gasteiger partial charge in [-0.05, 0) is 62.8 Å². The minimum Gasteiger partial charge on any atom is -0.337 e. The van der Waals surface area contributed by atoms with Crippen LogP contribution in [0, 0.1) is 0 Å². The maximum atomic E-state index is 12.9. The highest BCUT2D eigenvalue weighted by Crippen LogP contribution is 2.37. The van der Waals surface area contributed by atoms with E-state index in [1.165, 1.54) is 17.7 Å². The summed E-state index contributed by atoms with van der Waals surface area (Å²) in [7, 11) is 0. The van der Waals surface area contributed by atoms with E-state index in [1.54, 1.807) is 0 Å². The van der Waals surface area contributed by atoms with Gasteiger partial charge in [0.1, 0.15) is 5.69 Å². The zero-order valence-electron chi connectivity index (χ0n) is 15.7. The Bertz CT molecular complexity index is 786. The van der Waals surface area contributed by atoms with Gasteiger partial charge in [-0.15, -0.1) is 0 Å². The van der Waals surface area contributed by atoms with Crippen molar-refractivity contribution in [2.24, 2.45) is 0 Å². The summed E-state index contributed by atoms with van der Waals surface area (Å²) in [5.41, 5.74) is 4.25. The number of benzene rings is 1. The third-order valence-corrected chi connectivity index (χ3v) is 5.81. The van der Waals surface area contributed by atoms with Gasteiger partial charge in [-0.3, -0.25) is 4.79 Å². The first-order valence-corrected chi connectivity index (χ1v) is 9.83. The summed E-state index contributed by atoms with van der Waals surface area (Å²) in [6.45, 7) is 5.26. The topological polar surface area (TPSA) is 36.4 Å². The fourth-order valence-electron chi connectivity index (χ4n) is 4.45. The summed E-state index contributed by atoms with van der Waals surface area (Å²) in [5.74, 6) is 0.0815. The minimum absolute atomic E-state index is 0.0815. The Balaban J connectivity index is 1.56. The van der Waals surface area contributed by atoms with Crippen molar-refractivity contribution < 1.29 is 4.79 Å². The molecule has 0 aliphatic carbocycles. The second-order valence-corrected chi connectivity index (χ2v) is 7.51. The molecule has 2 atom stereocenters. The SMILES string of the molecule is CCC1CCCCN1C(=O)c1ccc(N2c3ccccc3CC2C)cn1. The molecule has 136 valence electrons. The molecular formula is C22H27N3O. The molecule has 1 aromatic carbocycles. The minimum atomic E-state index is 0.0815. The molecule has 2 aromatic rings. The molecule has 2 aliphatic heterocycles. The molecule has 1 fully saturated rings. The number of carbonyl (C=O) groups is 1. The van der Waals surface area contributed by atoms with Crippen LogP contribution >= 0.6 is 0 Å². The van der Waals surface area contributed by atoms with Crippen molar-refractivity contribution in [1.29, 1.82) is 0 Å². The second-order valence-electron chi connectivity index (χ2n) is 7.51. The first-order valence-electron chi connectivity index (χ1n) is 9.83. The average molecular weight is 349 g/mol. The lowest BCUT2D eigenvalue weighted by molar-refractivity contribution is 0.0602. The number of piperidine rings is 1. The van der Waals surface area contributed by atoms with E-state index < -0.39 is 0 Å². The van der Waals surface area contributed by atoms with Gasteiger partial charge in [0.15, 0.2) is 0 Å². The predicted octanol–water partition coefficient (Wildman–Crippen LogP) is 4.57. The zero-order chi connectivity index (χ0) is 18.1. The Morgan fingerprint density at radius 3 is 2.81 bits per heavy atom. The quantitative estimate of drug-likeness (QED) is 0.814. The van der Waals surface area contributed by atoms with E-state index in [4.69, 9.17) is 0 Å². The van der Waals surface area contributed by atoms with E-state index >= 15 is 0 Å². The van der Waals surface area contributed by atoms with Crippen LogP contribution in [0.5, 0.6) is 0 Å². The molecule has 0 bridgehead atoms. The third kappa shape index (κ3) is 2.98. The maximum Gasteiger partial charge on any atom is 0.272 e. The Morgan fingerprint density at radius 1 is 1.19 bits per heavy atom. The highest BCUT2D eigenvalue weighted by atomic mass is 16.2. The van der Waals surface area contributed by atoms with Gasteiger partial charge >= 0.3 is 0 Å². The number of likely N-dealkylation sites (tertiary alicyclic amines) is 1. The van der Waals surface area contributed by atoms with E-state index in [0.29, 0.717) is 17.8 Å². The standard InChI is InChI=1S/C22H27N3O/c1-3-18-9-6-7-13-24(18)22(26)20-12-11-19(15-23-20)25-16(2)14-17-8-4-5-10-21(17)25/h4-5,8,10-12,15-16,18H,3,6-7,9,13-14H2,1-2H3. The molecule has 3 heterocycles. The Kier molecular flexibility index (Phi) is 4.66. The molecule has 1 saturated heterocycles. The van der Waals surface area contributed by atoms with Crippen LogP contribution in [-0.4, -0.2) is 34.4 Å². The lowest BCUT2D eigenvalue weighted by atomic mass is 9.99. The number of pyridine rings is 1. The number of nitrogens with zero attached hydrogens (tertiary/aromatic N) is 3. The molecule has 0 radical (unpaired) electrons. The van der Waals surface area contributed by atoms with E-state index in [9.17, 15) is 4.79 Å². The van der Waals surface area contributed by atoms with E-state index in [1.807, 2.05) is 23.2 Å². The summed E-state index contributed by atoms with van der Waals surface area (Å²) >= 11 is 0. The fraction of sp³-hybridized carbons (Fsp3) is 0.455. The molecule has 4 nitrogen and oxygen atoms in total. The van der Waals surface area contributed by atoms with Gasteiger partial charge in [-0.2, -0.15) is 0 Å². The number of rotatable bonds is 3. The normalized spacial score (nSPS) is 22.4. The van der Waals surface area contributed by atoms with E-state index in [-0.39, 0.29) is 5.91 Å². The average Bonchev–Trinajstić information content (AvgIpc) is 3.03. The predicted molar refractivity (Wildman–Crippen MR) is 105 cm³/mol. The number of aromatic nitrogens is 1. The number of fused-ring (bicyclic) bond motifs is 1. The van der Waals surface area contributed by atoms with Crippen LogP contribution < -0.4 is 4.90 Å². The third-order valence-electron chi connectivity index (χ3n) is 5.81. The van der Waals surface area contributed by atoms with Crippen molar-refractivity contribution in [3.05, 3.63) is 53.9 Å². The number of amides is 1. The molecule has 1 aromatic heterocycles. The van der Waals surface area contributed by atoms with Crippen molar-refractivity contribution in [3.8, 4) is 0 Å². The van der Waals surface area contributed by atoms with Gasteiger partial charge in [0.2, 0.25) is 0 Å². The van der Waals surface area contributed by atoms with Crippen LogP contribution in [0.1, 0.15) is 55.6 Å². The molecule has 0 saturated carbocycles. The number of carbonyl (C=O) groups excluding carboxylic acids is 1. The van der Waals surface area contributed by atoms with Crippen molar-refractivity contribution in [3.63, 3.8) is 0 Å². The highest BCUT2D eigenvalue weighted by molar-refractivity contribution is 5.93. The summed E-state index contributed by atoms with van der Waals surface area (Å²) in [6.07, 6.45) is 7.36. The second kappa shape index (κ2) is 7.10. The van der Waals surface area contributed by atoms with Crippen LogP contribution in [0.3, 0.4) is 0 Å². The number of hydrogen-bond acceptors (Lipinski definition) is 3.